The number of nitrogens with zero attached hydrogens (tertiary/aromatic N) is 2. The third kappa shape index (κ3) is 5.94. The zero-order chi connectivity index (χ0) is 15.1. The molecule has 0 aliphatic carbocycles. The van der Waals surface area contributed by atoms with Gasteiger partial charge in [-0.2, -0.15) is 0 Å². The first-order valence-electron chi connectivity index (χ1n) is 8.06. The van der Waals surface area contributed by atoms with E-state index in [-0.39, 0.29) is 0 Å². The van der Waals surface area contributed by atoms with Crippen molar-refractivity contribution >= 4 is 5.69 Å². The summed E-state index contributed by atoms with van der Waals surface area (Å²) in [7, 11) is 0. The van der Waals surface area contributed by atoms with Gasteiger partial charge in [-0.25, -0.2) is 0 Å². The topological polar surface area (TPSA) is 41.7 Å². The minimum Gasteiger partial charge on any atom is -0.494 e. The van der Waals surface area contributed by atoms with Crippen molar-refractivity contribution in [2.45, 2.75) is 20.3 Å². The first-order valence-corrected chi connectivity index (χ1v) is 8.06. The minimum absolute atomic E-state index is 0.768. The van der Waals surface area contributed by atoms with Crippen LogP contribution in [-0.4, -0.2) is 55.7 Å². The normalized spacial score (nSPS) is 17.3. The SMILES string of the molecule is CC(C)CN1CCN(CCCOc2ccc(N)cc2)CC1. The Balaban J connectivity index is 1.56. The standard InChI is InChI=1S/C17H29N3O/c1-15(2)14-20-11-9-19(10-12-20)8-3-13-21-17-6-4-16(18)5-7-17/h4-7,15H,3,8-14,18H2,1-2H3. The lowest BCUT2D eigenvalue weighted by Crippen LogP contribution is -2.47. The quantitative estimate of drug-likeness (QED) is 0.618. The van der Waals surface area contributed by atoms with Crippen LogP contribution in [0.5, 0.6) is 5.75 Å². The third-order valence-corrected chi connectivity index (χ3v) is 3.86. The molecule has 1 aromatic rings. The monoisotopic (exact) mass is 291 g/mol. The highest BCUT2D eigenvalue weighted by atomic mass is 16.5. The molecule has 4 nitrogen and oxygen atoms in total. The summed E-state index contributed by atoms with van der Waals surface area (Å²) in [4.78, 5) is 5.12. The Kier molecular flexibility index (Phi) is 6.33. The van der Waals surface area contributed by atoms with Crippen LogP contribution >= 0.6 is 0 Å². The molecule has 0 unspecified atom stereocenters. The van der Waals surface area contributed by atoms with Crippen LogP contribution in [0, 0.1) is 5.92 Å². The van der Waals surface area contributed by atoms with Crippen molar-refractivity contribution in [1.29, 1.82) is 0 Å². The molecule has 0 amide bonds. The van der Waals surface area contributed by atoms with Crippen LogP contribution in [0.2, 0.25) is 0 Å². The highest BCUT2D eigenvalue weighted by molar-refractivity contribution is 5.41. The van der Waals surface area contributed by atoms with Crippen molar-refractivity contribution in [1.82, 2.24) is 9.80 Å². The summed E-state index contributed by atoms with van der Waals surface area (Å²) in [6.45, 7) is 12.5. The molecule has 1 saturated heterocycles. The maximum Gasteiger partial charge on any atom is 0.119 e. The van der Waals surface area contributed by atoms with Crippen LogP contribution in [0.4, 0.5) is 5.69 Å². The van der Waals surface area contributed by atoms with E-state index in [0.717, 1.165) is 36.9 Å². The Bertz CT molecular complexity index is 397. The van der Waals surface area contributed by atoms with Gasteiger partial charge in [-0.1, -0.05) is 13.8 Å². The van der Waals surface area contributed by atoms with Gasteiger partial charge in [0.2, 0.25) is 0 Å². The average Bonchev–Trinajstić information content (AvgIpc) is 2.46. The predicted molar refractivity (Wildman–Crippen MR) is 88.7 cm³/mol. The molecular formula is C17H29N3O. The van der Waals surface area contributed by atoms with E-state index in [2.05, 4.69) is 23.6 Å². The summed E-state index contributed by atoms with van der Waals surface area (Å²) >= 11 is 0. The van der Waals surface area contributed by atoms with Gasteiger partial charge < -0.3 is 20.3 Å². The van der Waals surface area contributed by atoms with Gasteiger partial charge >= 0.3 is 0 Å². The van der Waals surface area contributed by atoms with Crippen LogP contribution in [0.3, 0.4) is 0 Å². The van der Waals surface area contributed by atoms with E-state index in [1.807, 2.05) is 24.3 Å². The highest BCUT2D eigenvalue weighted by Crippen LogP contribution is 2.13. The van der Waals surface area contributed by atoms with Gasteiger partial charge in [0.25, 0.3) is 0 Å². The molecule has 1 fully saturated rings. The van der Waals surface area contributed by atoms with Crippen molar-refractivity contribution in [2.24, 2.45) is 5.92 Å². The molecule has 2 rings (SSSR count). The molecular weight excluding hydrogens is 262 g/mol. The number of rotatable bonds is 7. The number of nitrogens with two attached hydrogens (primary N) is 1. The lowest BCUT2D eigenvalue weighted by atomic mass is 10.2. The van der Waals surface area contributed by atoms with Gasteiger partial charge in [0, 0.05) is 45.0 Å². The molecule has 0 bridgehead atoms. The van der Waals surface area contributed by atoms with Crippen molar-refractivity contribution in [2.75, 3.05) is 51.6 Å². The molecule has 1 aliphatic heterocycles. The van der Waals surface area contributed by atoms with Crippen molar-refractivity contribution in [3.8, 4) is 5.75 Å². The van der Waals surface area contributed by atoms with Crippen LogP contribution in [0.15, 0.2) is 24.3 Å². The number of hydrogen-bond acceptors (Lipinski definition) is 4. The van der Waals surface area contributed by atoms with Gasteiger partial charge in [0.15, 0.2) is 0 Å². The Morgan fingerprint density at radius 2 is 1.67 bits per heavy atom. The number of anilines is 1. The minimum atomic E-state index is 0.768. The molecule has 118 valence electrons. The fraction of sp³-hybridized carbons (Fsp3) is 0.647. The van der Waals surface area contributed by atoms with Crippen LogP contribution in [-0.2, 0) is 0 Å². The van der Waals surface area contributed by atoms with E-state index in [1.54, 1.807) is 0 Å². The van der Waals surface area contributed by atoms with Crippen LogP contribution in [0.1, 0.15) is 20.3 Å². The second-order valence-electron chi connectivity index (χ2n) is 6.31. The van der Waals surface area contributed by atoms with Crippen molar-refractivity contribution in [3.05, 3.63) is 24.3 Å². The maximum atomic E-state index is 5.73. The van der Waals surface area contributed by atoms with Gasteiger partial charge in [0.1, 0.15) is 5.75 Å². The summed E-state index contributed by atoms with van der Waals surface area (Å²) < 4.78 is 5.73. The summed E-state index contributed by atoms with van der Waals surface area (Å²) in [5.41, 5.74) is 6.43. The van der Waals surface area contributed by atoms with Crippen molar-refractivity contribution in [3.63, 3.8) is 0 Å². The fourth-order valence-electron chi connectivity index (χ4n) is 2.75. The third-order valence-electron chi connectivity index (χ3n) is 3.86. The van der Waals surface area contributed by atoms with Crippen LogP contribution in [0.25, 0.3) is 0 Å². The average molecular weight is 291 g/mol. The lowest BCUT2D eigenvalue weighted by Gasteiger charge is -2.35. The first kappa shape index (κ1) is 16.1. The number of piperazine rings is 1. The molecule has 1 aliphatic rings. The number of benzene rings is 1. The number of hydrogen-bond donors (Lipinski definition) is 1. The smallest absolute Gasteiger partial charge is 0.119 e. The molecule has 1 heterocycles. The molecule has 0 spiro atoms. The maximum absolute atomic E-state index is 5.73. The molecule has 0 aromatic heterocycles. The van der Waals surface area contributed by atoms with Gasteiger partial charge in [-0.15, -0.1) is 0 Å². The van der Waals surface area contributed by atoms with Gasteiger partial charge in [-0.05, 0) is 36.6 Å². The number of nitrogen functional groups attached to an aromatic ring is 1. The Morgan fingerprint density at radius 1 is 1.05 bits per heavy atom. The summed E-state index contributed by atoms with van der Waals surface area (Å²) in [6.07, 6.45) is 1.08. The van der Waals surface area contributed by atoms with E-state index >= 15 is 0 Å². The summed E-state index contributed by atoms with van der Waals surface area (Å²) in [6, 6.07) is 7.62. The number of ether oxygens (including phenoxy) is 1. The molecule has 0 atom stereocenters. The molecule has 2 N–H and O–H groups in total. The Morgan fingerprint density at radius 3 is 2.29 bits per heavy atom. The molecule has 4 heteroatoms. The molecule has 0 saturated carbocycles. The summed E-state index contributed by atoms with van der Waals surface area (Å²) in [5.74, 6) is 1.68. The zero-order valence-corrected chi connectivity index (χ0v) is 13.4. The van der Waals surface area contributed by atoms with Crippen LogP contribution < -0.4 is 10.5 Å². The summed E-state index contributed by atoms with van der Waals surface area (Å²) in [5, 5.41) is 0. The van der Waals surface area contributed by atoms with E-state index in [1.165, 1.54) is 32.7 Å². The van der Waals surface area contributed by atoms with Crippen molar-refractivity contribution < 1.29 is 4.74 Å². The molecule has 0 radical (unpaired) electrons. The Labute approximate surface area is 128 Å². The largest absolute Gasteiger partial charge is 0.494 e. The first-order chi connectivity index (χ1) is 10.1. The zero-order valence-electron chi connectivity index (χ0n) is 13.4. The fourth-order valence-corrected chi connectivity index (χ4v) is 2.75. The van der Waals surface area contributed by atoms with Gasteiger partial charge in [0.05, 0.1) is 6.61 Å². The lowest BCUT2D eigenvalue weighted by molar-refractivity contribution is 0.117. The Hall–Kier alpha value is -1.26. The highest BCUT2D eigenvalue weighted by Gasteiger charge is 2.16. The second-order valence-corrected chi connectivity index (χ2v) is 6.31. The van der Waals surface area contributed by atoms with E-state index in [4.69, 9.17) is 10.5 Å². The molecule has 1 aromatic carbocycles. The van der Waals surface area contributed by atoms with E-state index in [0.29, 0.717) is 0 Å². The van der Waals surface area contributed by atoms with Gasteiger partial charge in [-0.3, -0.25) is 0 Å². The van der Waals surface area contributed by atoms with E-state index < -0.39 is 0 Å². The predicted octanol–water partition coefficient (Wildman–Crippen LogP) is 2.31. The van der Waals surface area contributed by atoms with E-state index in [9.17, 15) is 0 Å². The molecule has 21 heavy (non-hydrogen) atoms. The second kappa shape index (κ2) is 8.25.